The summed E-state index contributed by atoms with van der Waals surface area (Å²) in [5.74, 6) is 0.611. The lowest BCUT2D eigenvalue weighted by molar-refractivity contribution is 0.400. The van der Waals surface area contributed by atoms with Gasteiger partial charge >= 0.3 is 0 Å². The van der Waals surface area contributed by atoms with E-state index in [0.29, 0.717) is 11.6 Å². The normalized spacial score (nSPS) is 13.7. The van der Waals surface area contributed by atoms with Crippen molar-refractivity contribution in [2.45, 2.75) is 13.8 Å². The Morgan fingerprint density at radius 1 is 1.56 bits per heavy atom. The maximum absolute atomic E-state index is 5.29. The third kappa shape index (κ3) is 4.87. The maximum Gasteiger partial charge on any atom is 0.184 e. The van der Waals surface area contributed by atoms with Gasteiger partial charge in [-0.3, -0.25) is 0 Å². The van der Waals surface area contributed by atoms with Crippen LogP contribution < -0.4 is 5.73 Å². The number of rotatable bonds is 1. The SMILES string of the molecule is COC(C)=N/C=C(\C)N. The van der Waals surface area contributed by atoms with E-state index in [0.717, 1.165) is 0 Å². The van der Waals surface area contributed by atoms with E-state index in [1.165, 1.54) is 0 Å². The van der Waals surface area contributed by atoms with Crippen LogP contribution >= 0.6 is 0 Å². The van der Waals surface area contributed by atoms with E-state index in [4.69, 9.17) is 10.5 Å². The number of nitrogens with two attached hydrogens (primary N) is 1. The van der Waals surface area contributed by atoms with Crippen molar-refractivity contribution in [2.75, 3.05) is 7.11 Å². The van der Waals surface area contributed by atoms with Crippen molar-refractivity contribution in [1.29, 1.82) is 0 Å². The summed E-state index contributed by atoms with van der Waals surface area (Å²) in [4.78, 5) is 3.85. The van der Waals surface area contributed by atoms with Crippen molar-refractivity contribution in [3.8, 4) is 0 Å². The predicted octanol–water partition coefficient (Wildman–Crippen LogP) is 0.871. The van der Waals surface area contributed by atoms with E-state index in [9.17, 15) is 0 Å². The van der Waals surface area contributed by atoms with Crippen molar-refractivity contribution in [1.82, 2.24) is 0 Å². The summed E-state index contributed by atoms with van der Waals surface area (Å²) in [5.41, 5.74) is 5.97. The van der Waals surface area contributed by atoms with E-state index in [2.05, 4.69) is 4.99 Å². The van der Waals surface area contributed by atoms with Gasteiger partial charge in [-0.15, -0.1) is 0 Å². The van der Waals surface area contributed by atoms with Crippen molar-refractivity contribution in [3.63, 3.8) is 0 Å². The Hall–Kier alpha value is -0.990. The smallest absolute Gasteiger partial charge is 0.184 e. The molecule has 0 aliphatic rings. The molecule has 0 aromatic carbocycles. The first-order valence-electron chi connectivity index (χ1n) is 2.67. The van der Waals surface area contributed by atoms with E-state index in [1.54, 1.807) is 27.2 Å². The largest absolute Gasteiger partial charge is 0.484 e. The molecule has 52 valence electrons. The van der Waals surface area contributed by atoms with Gasteiger partial charge in [-0.1, -0.05) is 0 Å². The van der Waals surface area contributed by atoms with Gasteiger partial charge in [0, 0.05) is 18.8 Å². The fourth-order valence-electron chi connectivity index (χ4n) is 0.245. The number of nitrogens with zero attached hydrogens (tertiary/aromatic N) is 1. The summed E-state index contributed by atoms with van der Waals surface area (Å²) in [7, 11) is 1.57. The highest BCUT2D eigenvalue weighted by molar-refractivity contribution is 5.73. The second-order valence-electron chi connectivity index (χ2n) is 1.73. The maximum atomic E-state index is 5.29. The van der Waals surface area contributed by atoms with Crippen LogP contribution in [0.15, 0.2) is 16.9 Å². The molecule has 0 rings (SSSR count). The van der Waals surface area contributed by atoms with Gasteiger partial charge < -0.3 is 10.5 Å². The highest BCUT2D eigenvalue weighted by atomic mass is 16.5. The second-order valence-corrected chi connectivity index (χ2v) is 1.73. The number of hydrogen-bond donors (Lipinski definition) is 1. The van der Waals surface area contributed by atoms with Crippen LogP contribution in [0.4, 0.5) is 0 Å². The third-order valence-corrected chi connectivity index (χ3v) is 0.745. The summed E-state index contributed by atoms with van der Waals surface area (Å²) < 4.78 is 4.75. The number of ether oxygens (including phenoxy) is 1. The van der Waals surface area contributed by atoms with E-state index < -0.39 is 0 Å². The van der Waals surface area contributed by atoms with Crippen molar-refractivity contribution < 1.29 is 4.74 Å². The molecule has 0 unspecified atom stereocenters. The molecule has 0 spiro atoms. The minimum absolute atomic E-state index is 0.611. The topological polar surface area (TPSA) is 47.6 Å². The van der Waals surface area contributed by atoms with E-state index in [1.807, 2.05) is 0 Å². The standard InChI is InChI=1S/C6H12N2O/c1-5(7)4-8-6(2)9-3/h4H,7H2,1-3H3/b5-4+,8-6?. The molecule has 0 saturated carbocycles. The van der Waals surface area contributed by atoms with Crippen LogP contribution in [0.1, 0.15) is 13.8 Å². The monoisotopic (exact) mass is 128 g/mol. The first kappa shape index (κ1) is 8.01. The highest BCUT2D eigenvalue weighted by Crippen LogP contribution is 1.83. The molecule has 0 bridgehead atoms. The molecular weight excluding hydrogens is 116 g/mol. The molecule has 0 aromatic rings. The second kappa shape index (κ2) is 3.95. The summed E-state index contributed by atoms with van der Waals surface area (Å²) in [6.07, 6.45) is 1.55. The van der Waals surface area contributed by atoms with Gasteiger partial charge in [0.1, 0.15) is 0 Å². The Morgan fingerprint density at radius 3 is 2.44 bits per heavy atom. The van der Waals surface area contributed by atoms with Gasteiger partial charge in [-0.05, 0) is 6.92 Å². The first-order valence-corrected chi connectivity index (χ1v) is 2.67. The molecule has 3 heteroatoms. The average molecular weight is 128 g/mol. The molecular formula is C6H12N2O. The minimum Gasteiger partial charge on any atom is -0.484 e. The van der Waals surface area contributed by atoms with Gasteiger partial charge in [-0.25, -0.2) is 4.99 Å². The Morgan fingerprint density at radius 2 is 2.11 bits per heavy atom. The van der Waals surface area contributed by atoms with Crippen LogP contribution in [0.2, 0.25) is 0 Å². The molecule has 9 heavy (non-hydrogen) atoms. The number of methoxy groups -OCH3 is 1. The van der Waals surface area contributed by atoms with Gasteiger partial charge in [0.2, 0.25) is 0 Å². The van der Waals surface area contributed by atoms with E-state index in [-0.39, 0.29) is 0 Å². The Labute approximate surface area is 55.2 Å². The zero-order valence-corrected chi connectivity index (χ0v) is 6.01. The van der Waals surface area contributed by atoms with Crippen molar-refractivity contribution >= 4 is 5.90 Å². The van der Waals surface area contributed by atoms with E-state index >= 15 is 0 Å². The minimum atomic E-state index is 0.611. The zero-order valence-electron chi connectivity index (χ0n) is 6.01. The molecule has 0 aromatic heterocycles. The van der Waals surface area contributed by atoms with Crippen LogP contribution in [0.25, 0.3) is 0 Å². The average Bonchev–Trinajstić information content (AvgIpc) is 1.83. The third-order valence-electron chi connectivity index (χ3n) is 0.745. The lowest BCUT2D eigenvalue weighted by Crippen LogP contribution is -1.94. The summed E-state index contributed by atoms with van der Waals surface area (Å²) in [6, 6.07) is 0. The Kier molecular flexibility index (Phi) is 3.51. The Bertz CT molecular complexity index is 134. The molecule has 0 fully saturated rings. The number of aliphatic imine (C=N–C) groups is 1. The Balaban J connectivity index is 3.83. The fourth-order valence-corrected chi connectivity index (χ4v) is 0.245. The summed E-state index contributed by atoms with van der Waals surface area (Å²) in [6.45, 7) is 3.53. The molecule has 0 aliphatic carbocycles. The highest BCUT2D eigenvalue weighted by Gasteiger charge is 1.80. The van der Waals surface area contributed by atoms with Crippen LogP contribution in [-0.2, 0) is 4.74 Å². The molecule has 0 atom stereocenters. The molecule has 2 N–H and O–H groups in total. The lowest BCUT2D eigenvalue weighted by Gasteiger charge is -1.92. The summed E-state index contributed by atoms with van der Waals surface area (Å²) in [5, 5.41) is 0. The number of hydrogen-bond acceptors (Lipinski definition) is 3. The molecule has 0 heterocycles. The lowest BCUT2D eigenvalue weighted by atomic mass is 10.6. The first-order chi connectivity index (χ1) is 4.16. The zero-order chi connectivity index (χ0) is 7.28. The molecule has 0 radical (unpaired) electrons. The van der Waals surface area contributed by atoms with Crippen LogP contribution in [0.3, 0.4) is 0 Å². The number of allylic oxidation sites excluding steroid dienone is 1. The molecule has 0 amide bonds. The summed E-state index contributed by atoms with van der Waals surface area (Å²) >= 11 is 0. The van der Waals surface area contributed by atoms with Gasteiger partial charge in [-0.2, -0.15) is 0 Å². The predicted molar refractivity (Wildman–Crippen MR) is 38.1 cm³/mol. The van der Waals surface area contributed by atoms with Gasteiger partial charge in [0.25, 0.3) is 0 Å². The molecule has 0 saturated heterocycles. The fraction of sp³-hybridized carbons (Fsp3) is 0.500. The van der Waals surface area contributed by atoms with Crippen LogP contribution in [0.5, 0.6) is 0 Å². The molecule has 0 aliphatic heterocycles. The van der Waals surface area contributed by atoms with Crippen molar-refractivity contribution in [3.05, 3.63) is 11.9 Å². The molecule has 3 nitrogen and oxygen atoms in total. The van der Waals surface area contributed by atoms with Crippen LogP contribution in [-0.4, -0.2) is 13.0 Å². The van der Waals surface area contributed by atoms with Crippen molar-refractivity contribution in [2.24, 2.45) is 10.7 Å². The quantitative estimate of drug-likeness (QED) is 0.420. The van der Waals surface area contributed by atoms with Gasteiger partial charge in [0.15, 0.2) is 5.90 Å². The van der Waals surface area contributed by atoms with Gasteiger partial charge in [0.05, 0.1) is 7.11 Å². The van der Waals surface area contributed by atoms with Crippen LogP contribution in [0, 0.1) is 0 Å².